The van der Waals surface area contributed by atoms with Crippen LogP contribution >= 0.6 is 15.9 Å². The van der Waals surface area contributed by atoms with Crippen LogP contribution < -0.4 is 4.74 Å². The van der Waals surface area contributed by atoms with E-state index in [1.807, 2.05) is 12.1 Å². The van der Waals surface area contributed by atoms with Gasteiger partial charge in [-0.3, -0.25) is 0 Å². The summed E-state index contributed by atoms with van der Waals surface area (Å²) in [4.78, 5) is 0.510. The van der Waals surface area contributed by atoms with Gasteiger partial charge in [-0.05, 0) is 41.7 Å². The highest BCUT2D eigenvalue weighted by Gasteiger charge is 2.28. The van der Waals surface area contributed by atoms with Gasteiger partial charge in [0.1, 0.15) is 5.75 Å². The Hall–Kier alpha value is -1.28. The van der Waals surface area contributed by atoms with Gasteiger partial charge in [-0.2, -0.15) is 0 Å². The summed E-state index contributed by atoms with van der Waals surface area (Å²) in [5.74, 6) is 1.36. The molecule has 0 heterocycles. The Kier molecular flexibility index (Phi) is 3.61. The SMILES string of the molecule is COc1ccc([C@H]2c3ccccc3CC[C@H]2Br)cc1. The standard InChI is InChI=1S/C17H17BrO/c1-19-14-9-6-13(7-10-14)17-15-5-3-2-4-12(15)8-11-16(17)18/h2-7,9-10,16-17H,8,11H2,1H3/t16-,17+/m1/s1. The normalized spacial score (nSPS) is 21.8. The average molecular weight is 317 g/mol. The largest absolute Gasteiger partial charge is 0.497 e. The van der Waals surface area contributed by atoms with Crippen LogP contribution in [0.5, 0.6) is 5.75 Å². The molecule has 0 fully saturated rings. The van der Waals surface area contributed by atoms with Crippen LogP contribution in [0.3, 0.4) is 0 Å². The van der Waals surface area contributed by atoms with Crippen molar-refractivity contribution in [3.8, 4) is 5.75 Å². The van der Waals surface area contributed by atoms with E-state index in [4.69, 9.17) is 4.74 Å². The fraction of sp³-hybridized carbons (Fsp3) is 0.294. The molecule has 2 aromatic carbocycles. The van der Waals surface area contributed by atoms with Crippen molar-refractivity contribution < 1.29 is 4.74 Å². The topological polar surface area (TPSA) is 9.23 Å². The Morgan fingerprint density at radius 2 is 1.79 bits per heavy atom. The monoisotopic (exact) mass is 316 g/mol. The van der Waals surface area contributed by atoms with Crippen LogP contribution in [0.15, 0.2) is 48.5 Å². The first kappa shape index (κ1) is 12.7. The lowest BCUT2D eigenvalue weighted by molar-refractivity contribution is 0.414. The zero-order chi connectivity index (χ0) is 13.2. The van der Waals surface area contributed by atoms with Gasteiger partial charge in [0.2, 0.25) is 0 Å². The van der Waals surface area contributed by atoms with E-state index >= 15 is 0 Å². The van der Waals surface area contributed by atoms with Crippen molar-refractivity contribution in [3.05, 3.63) is 65.2 Å². The summed E-state index contributed by atoms with van der Waals surface area (Å²) in [6, 6.07) is 17.2. The minimum absolute atomic E-state index is 0.441. The van der Waals surface area contributed by atoms with Crippen molar-refractivity contribution in [2.24, 2.45) is 0 Å². The fourth-order valence-electron chi connectivity index (χ4n) is 2.92. The van der Waals surface area contributed by atoms with Crippen LogP contribution in [0.4, 0.5) is 0 Å². The van der Waals surface area contributed by atoms with Crippen LogP contribution in [0.25, 0.3) is 0 Å². The van der Waals surface area contributed by atoms with Crippen LogP contribution in [-0.4, -0.2) is 11.9 Å². The van der Waals surface area contributed by atoms with Crippen LogP contribution in [-0.2, 0) is 6.42 Å². The number of alkyl halides is 1. The molecule has 3 rings (SSSR count). The van der Waals surface area contributed by atoms with Gasteiger partial charge >= 0.3 is 0 Å². The molecule has 0 bridgehead atoms. The molecule has 0 saturated carbocycles. The molecule has 1 nitrogen and oxygen atoms in total. The average Bonchev–Trinajstić information content (AvgIpc) is 2.47. The van der Waals surface area contributed by atoms with E-state index in [0.717, 1.165) is 5.75 Å². The first-order chi connectivity index (χ1) is 9.29. The smallest absolute Gasteiger partial charge is 0.118 e. The maximum atomic E-state index is 5.24. The second kappa shape index (κ2) is 5.38. The van der Waals surface area contributed by atoms with Crippen LogP contribution in [0, 0.1) is 0 Å². The molecule has 0 aromatic heterocycles. The van der Waals surface area contributed by atoms with Gasteiger partial charge in [0.15, 0.2) is 0 Å². The minimum Gasteiger partial charge on any atom is -0.497 e. The van der Waals surface area contributed by atoms with Gasteiger partial charge in [0.05, 0.1) is 7.11 Å². The quantitative estimate of drug-likeness (QED) is 0.739. The van der Waals surface area contributed by atoms with Crippen LogP contribution in [0.2, 0.25) is 0 Å². The van der Waals surface area contributed by atoms with E-state index in [1.54, 1.807) is 7.11 Å². The molecule has 2 atom stereocenters. The molecular weight excluding hydrogens is 300 g/mol. The third-order valence-electron chi connectivity index (χ3n) is 3.92. The zero-order valence-corrected chi connectivity index (χ0v) is 12.6. The zero-order valence-electron chi connectivity index (χ0n) is 11.0. The summed E-state index contributed by atoms with van der Waals surface area (Å²) in [7, 11) is 1.71. The molecule has 0 aliphatic heterocycles. The number of fused-ring (bicyclic) bond motifs is 1. The first-order valence-corrected chi connectivity index (χ1v) is 7.57. The lowest BCUT2D eigenvalue weighted by atomic mass is 9.79. The van der Waals surface area contributed by atoms with Crippen molar-refractivity contribution in [1.29, 1.82) is 0 Å². The molecular formula is C17H17BrO. The molecule has 98 valence electrons. The van der Waals surface area contributed by atoms with E-state index in [-0.39, 0.29) is 0 Å². The van der Waals surface area contributed by atoms with E-state index < -0.39 is 0 Å². The van der Waals surface area contributed by atoms with Crippen LogP contribution in [0.1, 0.15) is 29.0 Å². The molecule has 1 aliphatic carbocycles. The Balaban J connectivity index is 2.02. The predicted molar refractivity (Wildman–Crippen MR) is 82.3 cm³/mol. The highest BCUT2D eigenvalue weighted by Crippen LogP contribution is 2.40. The third-order valence-corrected chi connectivity index (χ3v) is 4.90. The molecule has 0 spiro atoms. The maximum absolute atomic E-state index is 5.24. The Bertz CT molecular complexity index is 562. The highest BCUT2D eigenvalue weighted by molar-refractivity contribution is 9.09. The van der Waals surface area contributed by atoms with Gasteiger partial charge < -0.3 is 4.74 Å². The van der Waals surface area contributed by atoms with Crippen molar-refractivity contribution in [1.82, 2.24) is 0 Å². The summed E-state index contributed by atoms with van der Waals surface area (Å²) in [5.41, 5.74) is 4.30. The van der Waals surface area contributed by atoms with E-state index in [1.165, 1.54) is 29.5 Å². The van der Waals surface area contributed by atoms with E-state index in [0.29, 0.717) is 10.7 Å². The molecule has 0 unspecified atom stereocenters. The molecule has 2 aromatic rings. The maximum Gasteiger partial charge on any atom is 0.118 e. The fourth-order valence-corrected chi connectivity index (χ4v) is 3.74. The molecule has 2 heteroatoms. The number of halogens is 1. The predicted octanol–water partition coefficient (Wildman–Crippen LogP) is 4.54. The van der Waals surface area contributed by atoms with Crippen molar-refractivity contribution in [2.75, 3.05) is 7.11 Å². The highest BCUT2D eigenvalue weighted by atomic mass is 79.9. The van der Waals surface area contributed by atoms with Gasteiger partial charge in [-0.1, -0.05) is 52.3 Å². The molecule has 19 heavy (non-hydrogen) atoms. The number of hydrogen-bond acceptors (Lipinski definition) is 1. The summed E-state index contributed by atoms with van der Waals surface area (Å²) >= 11 is 3.87. The number of hydrogen-bond donors (Lipinski definition) is 0. The Morgan fingerprint density at radius 1 is 1.05 bits per heavy atom. The molecule has 0 amide bonds. The van der Waals surface area contributed by atoms with Gasteiger partial charge in [-0.25, -0.2) is 0 Å². The van der Waals surface area contributed by atoms with Gasteiger partial charge in [0.25, 0.3) is 0 Å². The van der Waals surface area contributed by atoms with Gasteiger partial charge in [-0.15, -0.1) is 0 Å². The molecule has 1 aliphatic rings. The van der Waals surface area contributed by atoms with Gasteiger partial charge in [0, 0.05) is 10.7 Å². The number of benzene rings is 2. The Morgan fingerprint density at radius 3 is 2.53 bits per heavy atom. The Labute approximate surface area is 122 Å². The number of ether oxygens (including phenoxy) is 1. The minimum atomic E-state index is 0.441. The lowest BCUT2D eigenvalue weighted by Crippen LogP contribution is -2.21. The van der Waals surface area contributed by atoms with Crippen molar-refractivity contribution in [3.63, 3.8) is 0 Å². The summed E-state index contributed by atoms with van der Waals surface area (Å²) in [6.45, 7) is 0. The van der Waals surface area contributed by atoms with E-state index in [2.05, 4.69) is 52.3 Å². The summed E-state index contributed by atoms with van der Waals surface area (Å²) < 4.78 is 5.24. The summed E-state index contributed by atoms with van der Waals surface area (Å²) in [5, 5.41) is 0. The number of methoxy groups -OCH3 is 1. The molecule has 0 N–H and O–H groups in total. The number of rotatable bonds is 2. The van der Waals surface area contributed by atoms with Crippen molar-refractivity contribution in [2.45, 2.75) is 23.6 Å². The first-order valence-electron chi connectivity index (χ1n) is 6.65. The second-order valence-corrected chi connectivity index (χ2v) is 6.18. The summed E-state index contributed by atoms with van der Waals surface area (Å²) in [6.07, 6.45) is 2.35. The third kappa shape index (κ3) is 2.42. The number of aryl methyl sites for hydroxylation is 1. The molecule has 0 saturated heterocycles. The van der Waals surface area contributed by atoms with E-state index in [9.17, 15) is 0 Å². The molecule has 0 radical (unpaired) electrons. The lowest BCUT2D eigenvalue weighted by Gasteiger charge is -2.30. The van der Waals surface area contributed by atoms with Crippen molar-refractivity contribution >= 4 is 15.9 Å². The second-order valence-electron chi connectivity index (χ2n) is 5.00.